The number of carbonyl (C=O) groups excluding carboxylic acids is 3. The third-order valence-corrected chi connectivity index (χ3v) is 6.89. The molecule has 2 N–H and O–H groups in total. The van der Waals surface area contributed by atoms with Crippen LogP contribution in [0.2, 0.25) is 0 Å². The summed E-state index contributed by atoms with van der Waals surface area (Å²) in [5, 5.41) is 6.01. The molecule has 3 atom stereocenters. The Morgan fingerprint density at radius 2 is 1.52 bits per heavy atom. The second-order valence-corrected chi connectivity index (χ2v) is 12.6. The van der Waals surface area contributed by atoms with Gasteiger partial charge in [0.1, 0.15) is 17.7 Å². The van der Waals surface area contributed by atoms with Crippen molar-refractivity contribution in [1.82, 2.24) is 15.5 Å². The normalized spacial score (nSPS) is 13.8. The maximum atomic E-state index is 14.4. The van der Waals surface area contributed by atoms with Gasteiger partial charge >= 0.3 is 6.09 Å². The van der Waals surface area contributed by atoms with E-state index < -0.39 is 23.8 Å². The fourth-order valence-electron chi connectivity index (χ4n) is 4.94. The van der Waals surface area contributed by atoms with Gasteiger partial charge in [-0.2, -0.15) is 0 Å². The first-order valence-corrected chi connectivity index (χ1v) is 15.5. The third kappa shape index (κ3) is 13.2. The van der Waals surface area contributed by atoms with E-state index in [9.17, 15) is 14.4 Å². The molecule has 7 nitrogen and oxygen atoms in total. The molecule has 0 fully saturated rings. The molecule has 0 aliphatic rings. The van der Waals surface area contributed by atoms with Gasteiger partial charge in [0.2, 0.25) is 11.8 Å². The zero-order valence-corrected chi connectivity index (χ0v) is 26.8. The van der Waals surface area contributed by atoms with Gasteiger partial charge in [0.05, 0.1) is 0 Å². The molecule has 0 bridgehead atoms. The Labute approximate surface area is 244 Å². The molecule has 0 spiro atoms. The molecule has 7 heteroatoms. The molecule has 0 aliphatic heterocycles. The highest BCUT2D eigenvalue weighted by Gasteiger charge is 2.37. The van der Waals surface area contributed by atoms with E-state index >= 15 is 0 Å². The molecule has 1 aromatic carbocycles. The van der Waals surface area contributed by atoms with E-state index in [1.165, 1.54) is 12.8 Å². The largest absolute Gasteiger partial charge is 0.444 e. The highest BCUT2D eigenvalue weighted by Crippen LogP contribution is 2.27. The maximum Gasteiger partial charge on any atom is 0.408 e. The van der Waals surface area contributed by atoms with Crippen molar-refractivity contribution in [2.75, 3.05) is 6.54 Å². The Balaban J connectivity index is 3.48. The quantitative estimate of drug-likeness (QED) is 0.194. The minimum atomic E-state index is -0.803. The standard InChI is InChI=1S/C33H57N3O4/c1-10-12-13-14-15-18-22-36(31(38)28(23-24(3)4)35-32(39)40-33(7,8)9)29(27-21-17-16-20-25(27)5)30(37)34-26(6)19-11-2/h16-17,20-21,24,26,28-29H,10-15,18-19,22-23H2,1-9H3,(H,34,37)(H,35,39). The highest BCUT2D eigenvalue weighted by molar-refractivity contribution is 5.92. The summed E-state index contributed by atoms with van der Waals surface area (Å²) in [5.41, 5.74) is 1.07. The Kier molecular flexibility index (Phi) is 15.9. The average Bonchev–Trinajstić information content (AvgIpc) is 2.84. The smallest absolute Gasteiger partial charge is 0.408 e. The summed E-state index contributed by atoms with van der Waals surface area (Å²) in [6.07, 6.45) is 8.02. The van der Waals surface area contributed by atoms with E-state index in [4.69, 9.17) is 4.74 Å². The first-order valence-electron chi connectivity index (χ1n) is 15.5. The lowest BCUT2D eigenvalue weighted by Crippen LogP contribution is -2.54. The first kappa shape index (κ1) is 35.5. The van der Waals surface area contributed by atoms with Crippen molar-refractivity contribution in [3.63, 3.8) is 0 Å². The lowest BCUT2D eigenvalue weighted by atomic mass is 9.95. The van der Waals surface area contributed by atoms with E-state index in [-0.39, 0.29) is 23.8 Å². The van der Waals surface area contributed by atoms with Crippen molar-refractivity contribution in [3.8, 4) is 0 Å². The second kappa shape index (κ2) is 18.0. The number of hydrogen-bond donors (Lipinski definition) is 2. The molecule has 3 unspecified atom stereocenters. The minimum Gasteiger partial charge on any atom is -0.444 e. The van der Waals surface area contributed by atoms with E-state index in [1.54, 1.807) is 25.7 Å². The molecule has 228 valence electrons. The monoisotopic (exact) mass is 559 g/mol. The van der Waals surface area contributed by atoms with Crippen LogP contribution in [0.5, 0.6) is 0 Å². The van der Waals surface area contributed by atoms with Crippen molar-refractivity contribution >= 4 is 17.9 Å². The van der Waals surface area contributed by atoms with E-state index in [0.29, 0.717) is 13.0 Å². The van der Waals surface area contributed by atoms with Crippen LogP contribution < -0.4 is 10.6 Å². The predicted molar refractivity (Wildman–Crippen MR) is 164 cm³/mol. The first-order chi connectivity index (χ1) is 18.8. The summed E-state index contributed by atoms with van der Waals surface area (Å²) in [6.45, 7) is 18.1. The topological polar surface area (TPSA) is 87.7 Å². The lowest BCUT2D eigenvalue weighted by molar-refractivity contribution is -0.143. The minimum absolute atomic E-state index is 0.0126. The fraction of sp³-hybridized carbons (Fsp3) is 0.727. The molecule has 0 heterocycles. The SMILES string of the molecule is CCCCCCCCN(C(=O)C(CC(C)C)NC(=O)OC(C)(C)C)C(C(=O)NC(C)CCC)c1ccccc1C. The van der Waals surface area contributed by atoms with Gasteiger partial charge in [0, 0.05) is 12.6 Å². The number of ether oxygens (including phenoxy) is 1. The zero-order valence-electron chi connectivity index (χ0n) is 26.8. The maximum absolute atomic E-state index is 14.4. The van der Waals surface area contributed by atoms with Crippen LogP contribution in [0, 0.1) is 12.8 Å². The van der Waals surface area contributed by atoms with Crippen molar-refractivity contribution in [2.45, 2.75) is 144 Å². The van der Waals surface area contributed by atoms with Gasteiger partial charge in [0.15, 0.2) is 0 Å². The Bertz CT molecular complexity index is 909. The molecule has 0 saturated carbocycles. The average molecular weight is 560 g/mol. The summed E-state index contributed by atoms with van der Waals surface area (Å²) < 4.78 is 5.51. The van der Waals surface area contributed by atoms with Gasteiger partial charge in [-0.25, -0.2) is 4.79 Å². The molecule has 40 heavy (non-hydrogen) atoms. The Morgan fingerprint density at radius 1 is 0.900 bits per heavy atom. The molecular weight excluding hydrogens is 502 g/mol. The highest BCUT2D eigenvalue weighted by atomic mass is 16.6. The van der Waals surface area contributed by atoms with Crippen LogP contribution in [-0.2, 0) is 14.3 Å². The molecule has 1 aromatic rings. The molecule has 1 rings (SSSR count). The number of nitrogens with one attached hydrogen (secondary N) is 2. The van der Waals surface area contributed by atoms with Crippen molar-refractivity contribution in [2.24, 2.45) is 5.92 Å². The number of carbonyl (C=O) groups is 3. The van der Waals surface area contributed by atoms with Crippen LogP contribution in [-0.4, -0.2) is 47.0 Å². The van der Waals surface area contributed by atoms with Gasteiger partial charge in [-0.3, -0.25) is 9.59 Å². The number of unbranched alkanes of at least 4 members (excludes halogenated alkanes) is 5. The molecule has 3 amide bonds. The summed E-state index contributed by atoms with van der Waals surface area (Å²) >= 11 is 0. The van der Waals surface area contributed by atoms with Crippen LogP contribution in [0.3, 0.4) is 0 Å². The number of nitrogens with zero attached hydrogens (tertiary/aromatic N) is 1. The number of rotatable bonds is 17. The third-order valence-electron chi connectivity index (χ3n) is 6.89. The summed E-state index contributed by atoms with van der Waals surface area (Å²) in [6, 6.07) is 6.16. The fourth-order valence-corrected chi connectivity index (χ4v) is 4.94. The molecule has 0 aromatic heterocycles. The van der Waals surface area contributed by atoms with E-state index in [1.807, 2.05) is 52.0 Å². The number of hydrogen-bond acceptors (Lipinski definition) is 4. The van der Waals surface area contributed by atoms with Gasteiger partial charge < -0.3 is 20.3 Å². The van der Waals surface area contributed by atoms with Gasteiger partial charge in [-0.15, -0.1) is 0 Å². The number of alkyl carbamates (subject to hydrolysis) is 1. The molecule has 0 radical (unpaired) electrons. The lowest BCUT2D eigenvalue weighted by Gasteiger charge is -2.36. The second-order valence-electron chi connectivity index (χ2n) is 12.6. The van der Waals surface area contributed by atoms with Crippen molar-refractivity contribution in [1.29, 1.82) is 0 Å². The summed E-state index contributed by atoms with van der Waals surface area (Å²) in [5.74, 6) is -0.287. The van der Waals surface area contributed by atoms with Crippen molar-refractivity contribution in [3.05, 3.63) is 35.4 Å². The van der Waals surface area contributed by atoms with E-state index in [0.717, 1.165) is 49.7 Å². The summed E-state index contributed by atoms with van der Waals surface area (Å²) in [7, 11) is 0. The number of aryl methyl sites for hydroxylation is 1. The molecule has 0 aliphatic carbocycles. The van der Waals surface area contributed by atoms with Gasteiger partial charge in [-0.1, -0.05) is 90.5 Å². The van der Waals surface area contributed by atoms with Crippen LogP contribution in [0.4, 0.5) is 4.79 Å². The van der Waals surface area contributed by atoms with E-state index in [2.05, 4.69) is 24.5 Å². The number of amides is 3. The van der Waals surface area contributed by atoms with Crippen LogP contribution in [0.25, 0.3) is 0 Å². The van der Waals surface area contributed by atoms with Crippen molar-refractivity contribution < 1.29 is 19.1 Å². The number of benzene rings is 1. The molecular formula is C33H57N3O4. The van der Waals surface area contributed by atoms with Crippen LogP contribution >= 0.6 is 0 Å². The molecule has 0 saturated heterocycles. The Morgan fingerprint density at radius 3 is 2.10 bits per heavy atom. The summed E-state index contributed by atoms with van der Waals surface area (Å²) in [4.78, 5) is 42.8. The Hall–Kier alpha value is -2.57. The van der Waals surface area contributed by atoms with Crippen LogP contribution in [0.15, 0.2) is 24.3 Å². The van der Waals surface area contributed by atoms with Gasteiger partial charge in [0.25, 0.3) is 0 Å². The van der Waals surface area contributed by atoms with Crippen LogP contribution in [0.1, 0.15) is 130 Å². The zero-order chi connectivity index (χ0) is 30.3. The van der Waals surface area contributed by atoms with Gasteiger partial charge in [-0.05, 0) is 70.9 Å². The predicted octanol–water partition coefficient (Wildman–Crippen LogP) is 7.47.